The molecule has 0 spiro atoms. The molecule has 2 aliphatic rings. The lowest BCUT2D eigenvalue weighted by Crippen LogP contribution is -2.33. The molecular formula is C13H18N2O2. The van der Waals surface area contributed by atoms with Gasteiger partial charge in [-0.2, -0.15) is 0 Å². The van der Waals surface area contributed by atoms with Gasteiger partial charge in [-0.15, -0.1) is 0 Å². The van der Waals surface area contributed by atoms with Gasteiger partial charge in [-0.25, -0.2) is 0 Å². The molecule has 1 aromatic carbocycles. The Kier molecular flexibility index (Phi) is 3.16. The summed E-state index contributed by atoms with van der Waals surface area (Å²) in [5.74, 6) is 1.77. The van der Waals surface area contributed by atoms with Crippen molar-refractivity contribution in [2.45, 2.75) is 25.4 Å². The van der Waals surface area contributed by atoms with E-state index in [0.717, 1.165) is 31.1 Å². The minimum Gasteiger partial charge on any atom is -0.454 e. The second kappa shape index (κ2) is 4.94. The molecule has 1 unspecified atom stereocenters. The average Bonchev–Trinajstić information content (AvgIpc) is 2.99. The molecule has 0 bridgehead atoms. The lowest BCUT2D eigenvalue weighted by Gasteiger charge is -2.12. The summed E-state index contributed by atoms with van der Waals surface area (Å²) in [7, 11) is 0. The fourth-order valence-corrected chi connectivity index (χ4v) is 2.44. The molecule has 3 rings (SSSR count). The number of rotatable bonds is 4. The van der Waals surface area contributed by atoms with Crippen molar-refractivity contribution < 1.29 is 9.47 Å². The monoisotopic (exact) mass is 234 g/mol. The van der Waals surface area contributed by atoms with Gasteiger partial charge < -0.3 is 20.1 Å². The maximum atomic E-state index is 5.47. The summed E-state index contributed by atoms with van der Waals surface area (Å²) in [6.07, 6.45) is 2.57. The summed E-state index contributed by atoms with van der Waals surface area (Å²) < 4.78 is 10.8. The topological polar surface area (TPSA) is 42.5 Å². The van der Waals surface area contributed by atoms with E-state index < -0.39 is 0 Å². The maximum absolute atomic E-state index is 5.47. The summed E-state index contributed by atoms with van der Waals surface area (Å²) in [6, 6.07) is 6.68. The largest absolute Gasteiger partial charge is 0.454 e. The third kappa shape index (κ3) is 2.37. The van der Waals surface area contributed by atoms with E-state index in [0.29, 0.717) is 12.8 Å². The van der Waals surface area contributed by atoms with Crippen molar-refractivity contribution in [1.29, 1.82) is 0 Å². The van der Waals surface area contributed by atoms with Crippen LogP contribution in [0.4, 0.5) is 0 Å². The van der Waals surface area contributed by atoms with Gasteiger partial charge >= 0.3 is 0 Å². The van der Waals surface area contributed by atoms with Gasteiger partial charge in [0, 0.05) is 24.7 Å². The summed E-state index contributed by atoms with van der Waals surface area (Å²) >= 11 is 0. The first kappa shape index (κ1) is 10.9. The van der Waals surface area contributed by atoms with Gasteiger partial charge in [0.2, 0.25) is 6.79 Å². The summed E-state index contributed by atoms with van der Waals surface area (Å²) in [5, 5.41) is 6.95. The molecule has 2 heterocycles. The van der Waals surface area contributed by atoms with Crippen LogP contribution >= 0.6 is 0 Å². The van der Waals surface area contributed by atoms with Gasteiger partial charge in [-0.05, 0) is 25.5 Å². The van der Waals surface area contributed by atoms with Crippen molar-refractivity contribution in [3.8, 4) is 11.5 Å². The third-order valence-corrected chi connectivity index (χ3v) is 3.35. The summed E-state index contributed by atoms with van der Waals surface area (Å²) in [6.45, 7) is 3.36. The quantitative estimate of drug-likeness (QED) is 0.823. The van der Waals surface area contributed by atoms with Gasteiger partial charge in [-0.3, -0.25) is 0 Å². The molecule has 1 aromatic rings. The van der Waals surface area contributed by atoms with E-state index in [1.165, 1.54) is 18.4 Å². The zero-order valence-corrected chi connectivity index (χ0v) is 9.87. The van der Waals surface area contributed by atoms with Gasteiger partial charge in [-0.1, -0.05) is 12.1 Å². The minimum atomic E-state index is 0.344. The Hall–Kier alpha value is -1.26. The molecule has 2 aliphatic heterocycles. The lowest BCUT2D eigenvalue weighted by molar-refractivity contribution is 0.173. The fourth-order valence-electron chi connectivity index (χ4n) is 2.44. The van der Waals surface area contributed by atoms with Crippen molar-refractivity contribution in [3.63, 3.8) is 0 Å². The van der Waals surface area contributed by atoms with Crippen LogP contribution in [0.5, 0.6) is 11.5 Å². The van der Waals surface area contributed by atoms with E-state index in [2.05, 4.69) is 16.7 Å². The SMILES string of the molecule is c1cc(CNCC2CCCN2)c2c(c1)OCO2. The predicted molar refractivity (Wildman–Crippen MR) is 65.3 cm³/mol. The number of para-hydroxylation sites is 1. The zero-order chi connectivity index (χ0) is 11.5. The van der Waals surface area contributed by atoms with Gasteiger partial charge in [0.15, 0.2) is 11.5 Å². The first-order valence-electron chi connectivity index (χ1n) is 6.25. The number of benzene rings is 1. The molecule has 0 amide bonds. The fraction of sp³-hybridized carbons (Fsp3) is 0.538. The van der Waals surface area contributed by atoms with E-state index in [-0.39, 0.29) is 0 Å². The standard InChI is InChI=1S/C13H18N2O2/c1-3-10(13-12(5-1)16-9-17-13)7-14-8-11-4-2-6-15-11/h1,3,5,11,14-15H,2,4,6-9H2. The van der Waals surface area contributed by atoms with Crippen molar-refractivity contribution in [2.24, 2.45) is 0 Å². The molecule has 0 saturated carbocycles. The van der Waals surface area contributed by atoms with Crippen molar-refractivity contribution in [3.05, 3.63) is 23.8 Å². The number of fused-ring (bicyclic) bond motifs is 1. The first-order chi connectivity index (χ1) is 8.43. The highest BCUT2D eigenvalue weighted by molar-refractivity contribution is 5.48. The molecule has 4 heteroatoms. The lowest BCUT2D eigenvalue weighted by atomic mass is 10.1. The molecule has 1 saturated heterocycles. The molecule has 17 heavy (non-hydrogen) atoms. The Morgan fingerprint density at radius 3 is 3.24 bits per heavy atom. The first-order valence-corrected chi connectivity index (χ1v) is 6.25. The van der Waals surface area contributed by atoms with Crippen molar-refractivity contribution in [1.82, 2.24) is 10.6 Å². The smallest absolute Gasteiger partial charge is 0.231 e. The highest BCUT2D eigenvalue weighted by Gasteiger charge is 2.17. The number of ether oxygens (including phenoxy) is 2. The molecular weight excluding hydrogens is 216 g/mol. The van der Waals surface area contributed by atoms with E-state index in [4.69, 9.17) is 9.47 Å². The predicted octanol–water partition coefficient (Wildman–Crippen LogP) is 1.26. The van der Waals surface area contributed by atoms with Crippen LogP contribution in [0.25, 0.3) is 0 Å². The van der Waals surface area contributed by atoms with E-state index >= 15 is 0 Å². The van der Waals surface area contributed by atoms with E-state index in [1.54, 1.807) is 0 Å². The maximum Gasteiger partial charge on any atom is 0.231 e. The van der Waals surface area contributed by atoms with Crippen LogP contribution in [0.15, 0.2) is 18.2 Å². The summed E-state index contributed by atoms with van der Waals surface area (Å²) in [5.41, 5.74) is 1.18. The Balaban J connectivity index is 1.56. The van der Waals surface area contributed by atoms with Gasteiger partial charge in [0.1, 0.15) is 0 Å². The van der Waals surface area contributed by atoms with Crippen molar-refractivity contribution in [2.75, 3.05) is 19.9 Å². The Labute approximate surface area is 101 Å². The van der Waals surface area contributed by atoms with Crippen LogP contribution in [-0.2, 0) is 6.54 Å². The molecule has 1 fully saturated rings. The average molecular weight is 234 g/mol. The molecule has 0 aliphatic carbocycles. The zero-order valence-electron chi connectivity index (χ0n) is 9.87. The second-order valence-electron chi connectivity index (χ2n) is 4.58. The molecule has 92 valence electrons. The molecule has 0 aromatic heterocycles. The van der Waals surface area contributed by atoms with Crippen LogP contribution < -0.4 is 20.1 Å². The van der Waals surface area contributed by atoms with Gasteiger partial charge in [0.05, 0.1) is 0 Å². The Bertz CT molecular complexity index is 389. The van der Waals surface area contributed by atoms with Crippen LogP contribution in [0.3, 0.4) is 0 Å². The van der Waals surface area contributed by atoms with Gasteiger partial charge in [0.25, 0.3) is 0 Å². The second-order valence-corrected chi connectivity index (χ2v) is 4.58. The van der Waals surface area contributed by atoms with Crippen LogP contribution in [0, 0.1) is 0 Å². The van der Waals surface area contributed by atoms with Crippen molar-refractivity contribution >= 4 is 0 Å². The minimum absolute atomic E-state index is 0.344. The highest BCUT2D eigenvalue weighted by Crippen LogP contribution is 2.35. The Morgan fingerprint density at radius 2 is 2.35 bits per heavy atom. The third-order valence-electron chi connectivity index (χ3n) is 3.35. The molecule has 4 nitrogen and oxygen atoms in total. The van der Waals surface area contributed by atoms with Crippen LogP contribution in [0.1, 0.15) is 18.4 Å². The molecule has 2 N–H and O–H groups in total. The number of nitrogens with one attached hydrogen (secondary N) is 2. The van der Waals surface area contributed by atoms with E-state index in [9.17, 15) is 0 Å². The number of hydrogen-bond acceptors (Lipinski definition) is 4. The van der Waals surface area contributed by atoms with Crippen LogP contribution in [0.2, 0.25) is 0 Å². The Morgan fingerprint density at radius 1 is 1.35 bits per heavy atom. The molecule has 1 atom stereocenters. The van der Waals surface area contributed by atoms with E-state index in [1.807, 2.05) is 12.1 Å². The van der Waals surface area contributed by atoms with Crippen LogP contribution in [-0.4, -0.2) is 25.9 Å². The number of hydrogen-bond donors (Lipinski definition) is 2. The molecule has 0 radical (unpaired) electrons. The normalized spacial score (nSPS) is 22.0. The highest BCUT2D eigenvalue weighted by atomic mass is 16.7. The summed E-state index contributed by atoms with van der Waals surface area (Å²) in [4.78, 5) is 0.